The van der Waals surface area contributed by atoms with E-state index in [-0.39, 0.29) is 5.92 Å². The molecule has 2 heteroatoms. The van der Waals surface area contributed by atoms with Crippen LogP contribution in [0.5, 0.6) is 0 Å². The van der Waals surface area contributed by atoms with Crippen LogP contribution in [-0.4, -0.2) is 11.5 Å². The fourth-order valence-electron chi connectivity index (χ4n) is 2.60. The molecule has 2 unspecified atom stereocenters. The lowest BCUT2D eigenvalue weighted by Gasteiger charge is -2.28. The zero-order chi connectivity index (χ0) is 11.4. The van der Waals surface area contributed by atoms with Crippen molar-refractivity contribution in [1.29, 1.82) is 0 Å². The summed E-state index contributed by atoms with van der Waals surface area (Å²) in [4.78, 5) is 11.9. The Balaban J connectivity index is 2.18. The van der Waals surface area contributed by atoms with Gasteiger partial charge in [-0.2, -0.15) is 12.6 Å². The number of carbonyl (C=O) groups excluding carboxylic acids is 1. The Bertz CT molecular complexity index is 347. The molecule has 0 N–H and O–H groups in total. The average Bonchev–Trinajstić information content (AvgIpc) is 2.34. The summed E-state index contributed by atoms with van der Waals surface area (Å²) < 4.78 is 0. The van der Waals surface area contributed by atoms with Crippen LogP contribution in [0.4, 0.5) is 0 Å². The lowest BCUT2D eigenvalue weighted by Crippen LogP contribution is -2.26. The van der Waals surface area contributed by atoms with Crippen LogP contribution in [0.15, 0.2) is 30.3 Å². The van der Waals surface area contributed by atoms with Crippen molar-refractivity contribution in [2.45, 2.75) is 31.6 Å². The standard InChI is InChI=1S/C14H18OS/c15-14-9-5-4-8-12(14)13(10-16)11-6-2-1-3-7-11/h1-3,6-7,12-13,16H,4-5,8-10H2. The summed E-state index contributed by atoms with van der Waals surface area (Å²) in [5.74, 6) is 1.71. The topological polar surface area (TPSA) is 17.1 Å². The molecule has 1 nitrogen and oxygen atoms in total. The quantitative estimate of drug-likeness (QED) is 0.793. The van der Waals surface area contributed by atoms with Crippen LogP contribution >= 0.6 is 12.6 Å². The van der Waals surface area contributed by atoms with Crippen molar-refractivity contribution in [3.8, 4) is 0 Å². The van der Waals surface area contributed by atoms with Gasteiger partial charge in [0.15, 0.2) is 0 Å². The van der Waals surface area contributed by atoms with Gasteiger partial charge in [-0.3, -0.25) is 4.79 Å². The Morgan fingerprint density at radius 3 is 2.62 bits per heavy atom. The van der Waals surface area contributed by atoms with Gasteiger partial charge in [0.2, 0.25) is 0 Å². The van der Waals surface area contributed by atoms with Crippen LogP contribution in [-0.2, 0) is 4.79 Å². The van der Waals surface area contributed by atoms with E-state index < -0.39 is 0 Å². The zero-order valence-electron chi connectivity index (χ0n) is 9.43. The molecule has 1 aromatic rings. The largest absolute Gasteiger partial charge is 0.299 e. The Hall–Kier alpha value is -0.760. The highest BCUT2D eigenvalue weighted by atomic mass is 32.1. The maximum absolute atomic E-state index is 11.9. The van der Waals surface area contributed by atoms with Gasteiger partial charge >= 0.3 is 0 Å². The molecule has 1 aliphatic rings. The molecule has 0 saturated heterocycles. The van der Waals surface area contributed by atoms with E-state index in [1.807, 2.05) is 18.2 Å². The molecule has 1 fully saturated rings. The first-order valence-electron chi connectivity index (χ1n) is 6.01. The predicted octanol–water partition coefficient (Wildman–Crippen LogP) is 3.46. The van der Waals surface area contributed by atoms with E-state index >= 15 is 0 Å². The van der Waals surface area contributed by atoms with Crippen molar-refractivity contribution in [1.82, 2.24) is 0 Å². The molecule has 0 bridgehead atoms. The molecule has 0 aliphatic heterocycles. The molecule has 2 atom stereocenters. The molecule has 0 heterocycles. The first-order valence-corrected chi connectivity index (χ1v) is 6.64. The lowest BCUT2D eigenvalue weighted by atomic mass is 9.77. The third-order valence-corrected chi connectivity index (χ3v) is 3.91. The highest BCUT2D eigenvalue weighted by Gasteiger charge is 2.30. The van der Waals surface area contributed by atoms with Gasteiger partial charge in [-0.25, -0.2) is 0 Å². The summed E-state index contributed by atoms with van der Waals surface area (Å²) in [7, 11) is 0. The highest BCUT2D eigenvalue weighted by Crippen LogP contribution is 2.34. The van der Waals surface area contributed by atoms with Crippen LogP contribution in [0.1, 0.15) is 37.2 Å². The Morgan fingerprint density at radius 2 is 2.00 bits per heavy atom. The van der Waals surface area contributed by atoms with Crippen LogP contribution in [0, 0.1) is 5.92 Å². The summed E-state index contributed by atoms with van der Waals surface area (Å²) >= 11 is 4.43. The number of carbonyl (C=O) groups is 1. The number of rotatable bonds is 3. The normalized spacial score (nSPS) is 23.1. The van der Waals surface area contributed by atoms with Gasteiger partial charge in [0.05, 0.1) is 0 Å². The van der Waals surface area contributed by atoms with Crippen molar-refractivity contribution < 1.29 is 4.79 Å². The SMILES string of the molecule is O=C1CCCCC1C(CS)c1ccccc1. The van der Waals surface area contributed by atoms with Gasteiger partial charge in [0.25, 0.3) is 0 Å². The molecule has 0 amide bonds. The fraction of sp³-hybridized carbons (Fsp3) is 0.500. The van der Waals surface area contributed by atoms with E-state index in [9.17, 15) is 4.79 Å². The van der Waals surface area contributed by atoms with Crippen LogP contribution < -0.4 is 0 Å². The number of thiol groups is 1. The Kier molecular flexibility index (Phi) is 4.05. The number of ketones is 1. The highest BCUT2D eigenvalue weighted by molar-refractivity contribution is 7.80. The Labute approximate surface area is 103 Å². The number of Topliss-reactive ketones (excluding diaryl/α,β-unsaturated/α-hetero) is 1. The second kappa shape index (κ2) is 5.53. The third kappa shape index (κ3) is 2.49. The minimum atomic E-state index is 0.202. The monoisotopic (exact) mass is 234 g/mol. The Morgan fingerprint density at radius 1 is 1.25 bits per heavy atom. The van der Waals surface area contributed by atoms with Crippen molar-refractivity contribution in [2.75, 3.05) is 5.75 Å². The molecular weight excluding hydrogens is 216 g/mol. The molecule has 86 valence electrons. The summed E-state index contributed by atoms with van der Waals surface area (Å²) in [6.07, 6.45) is 4.07. The van der Waals surface area contributed by atoms with Crippen LogP contribution in [0.3, 0.4) is 0 Å². The third-order valence-electron chi connectivity index (χ3n) is 3.51. The molecule has 0 aromatic heterocycles. The summed E-state index contributed by atoms with van der Waals surface area (Å²) in [5.41, 5.74) is 1.26. The van der Waals surface area contributed by atoms with Crippen molar-refractivity contribution in [3.05, 3.63) is 35.9 Å². The van der Waals surface area contributed by atoms with Crippen molar-refractivity contribution in [3.63, 3.8) is 0 Å². The predicted molar refractivity (Wildman–Crippen MR) is 70.0 cm³/mol. The molecule has 0 radical (unpaired) electrons. The van der Waals surface area contributed by atoms with Gasteiger partial charge < -0.3 is 0 Å². The van der Waals surface area contributed by atoms with Crippen LogP contribution in [0.25, 0.3) is 0 Å². The second-order valence-electron chi connectivity index (χ2n) is 4.52. The molecule has 1 aliphatic carbocycles. The van der Waals surface area contributed by atoms with Gasteiger partial charge in [-0.05, 0) is 24.2 Å². The van der Waals surface area contributed by atoms with Gasteiger partial charge in [0.1, 0.15) is 5.78 Å². The molecular formula is C14H18OS. The van der Waals surface area contributed by atoms with Crippen molar-refractivity contribution in [2.24, 2.45) is 5.92 Å². The molecule has 0 spiro atoms. The van der Waals surface area contributed by atoms with E-state index in [1.165, 1.54) is 12.0 Å². The molecule has 1 saturated carbocycles. The number of benzene rings is 1. The van der Waals surface area contributed by atoms with E-state index in [2.05, 4.69) is 24.8 Å². The number of hydrogen-bond acceptors (Lipinski definition) is 2. The maximum Gasteiger partial charge on any atom is 0.136 e. The summed E-state index contributed by atoms with van der Waals surface area (Å²) in [5, 5.41) is 0. The van der Waals surface area contributed by atoms with E-state index in [1.54, 1.807) is 0 Å². The minimum absolute atomic E-state index is 0.202. The molecule has 1 aromatic carbocycles. The first kappa shape index (κ1) is 11.7. The van der Waals surface area contributed by atoms with Crippen LogP contribution in [0.2, 0.25) is 0 Å². The van der Waals surface area contributed by atoms with Gasteiger partial charge in [0, 0.05) is 18.3 Å². The first-order chi connectivity index (χ1) is 7.83. The van der Waals surface area contributed by atoms with Gasteiger partial charge in [-0.15, -0.1) is 0 Å². The maximum atomic E-state index is 11.9. The summed E-state index contributed by atoms with van der Waals surface area (Å²) in [6.45, 7) is 0. The zero-order valence-corrected chi connectivity index (χ0v) is 10.3. The minimum Gasteiger partial charge on any atom is -0.299 e. The van der Waals surface area contributed by atoms with E-state index in [0.717, 1.165) is 25.0 Å². The van der Waals surface area contributed by atoms with E-state index in [0.29, 0.717) is 11.7 Å². The fourth-order valence-corrected chi connectivity index (χ4v) is 3.07. The summed E-state index contributed by atoms with van der Waals surface area (Å²) in [6, 6.07) is 10.3. The van der Waals surface area contributed by atoms with Crippen molar-refractivity contribution >= 4 is 18.4 Å². The second-order valence-corrected chi connectivity index (χ2v) is 4.88. The molecule has 2 rings (SSSR count). The van der Waals surface area contributed by atoms with E-state index in [4.69, 9.17) is 0 Å². The number of hydrogen-bond donors (Lipinski definition) is 1. The molecule has 16 heavy (non-hydrogen) atoms. The lowest BCUT2D eigenvalue weighted by molar-refractivity contribution is -0.125. The van der Waals surface area contributed by atoms with Gasteiger partial charge in [-0.1, -0.05) is 36.8 Å². The smallest absolute Gasteiger partial charge is 0.136 e. The average molecular weight is 234 g/mol.